The van der Waals surface area contributed by atoms with Crippen LogP contribution < -0.4 is 46.1 Å². The van der Waals surface area contributed by atoms with Crippen molar-refractivity contribution >= 4 is 120 Å². The molecule has 0 saturated carbocycles. The number of halogens is 12. The van der Waals surface area contributed by atoms with Crippen LogP contribution in [0.4, 0.5) is 74.4 Å². The molecule has 29 nitrogen and oxygen atoms in total. The zero-order chi connectivity index (χ0) is 92.2. The lowest BCUT2D eigenvalue weighted by molar-refractivity contribution is -0.138. The standard InChI is InChI=1S/C30H35ClF3N7O4.C29H33ClF3N7O2.C28H31ClF3N7O2/c1-4-26(42)39-7-9-40(10-8-39)28-21-14-23(31)20(27-22(30(32,33)34)5-6-25(35)37-27)15-24(21)36-29(38-28)45-17-18-13-19(44-3)16-41(18)11-12-43-2;1-5-24(41)39-8-10-40(11-9-39)26-19-12-21(30)18(25-20(29(31,32)33)6-7-23(34)36-25)13-22(19)35-27(37-26)42-16-28(3)14-17(2)15-38(28)4;1-4-24(40)38-7-9-39(10-8-38)26-19-12-21(29)18(25-20(28(30,31)32)5-6-23(33)35-25)13-22(19)34-27(36-26)41-15-17-11-16(2)14-37(17)3/h4-6,14-15,18-19H,1,7-13,16-17H2,2-3H3,(H2,35,37);5-7,12-13,17H,1,8-11,14-16H2,2-4H3,(H2,34,36);4-6,12-13,16-17H,1,7-11,14-15H2,2-3H3,(H2,33,35)/t18-,19+;17-,28?;16-,17+/m011/s1. The van der Waals surface area contributed by atoms with Gasteiger partial charge in [0, 0.05) is 164 Å². The molecular formula is C87H99Cl3F9N21O8. The highest BCUT2D eigenvalue weighted by Crippen LogP contribution is 2.47. The highest BCUT2D eigenvalue weighted by molar-refractivity contribution is 6.35. The van der Waals surface area contributed by atoms with E-state index in [0.29, 0.717) is 167 Å². The van der Waals surface area contributed by atoms with Gasteiger partial charge in [-0.25, -0.2) is 15.0 Å². The van der Waals surface area contributed by atoms with Crippen molar-refractivity contribution in [2.24, 2.45) is 11.8 Å². The monoisotopic (exact) mass is 1840 g/mol. The van der Waals surface area contributed by atoms with Gasteiger partial charge in [-0.2, -0.15) is 69.4 Å². The summed E-state index contributed by atoms with van der Waals surface area (Å²) >= 11 is 19.9. The minimum atomic E-state index is -4.70. The second-order valence-corrected chi connectivity index (χ2v) is 34.0. The Kier molecular flexibility index (Phi) is 29.2. The summed E-state index contributed by atoms with van der Waals surface area (Å²) in [7, 11) is 7.41. The van der Waals surface area contributed by atoms with Gasteiger partial charge in [0.25, 0.3) is 0 Å². The van der Waals surface area contributed by atoms with Crippen molar-refractivity contribution in [1.29, 1.82) is 0 Å². The molecule has 6 aromatic heterocycles. The molecule has 0 radical (unpaired) electrons. The number of nitrogens with two attached hydrogens (primary N) is 3. The van der Waals surface area contributed by atoms with Gasteiger partial charge >= 0.3 is 36.6 Å². The van der Waals surface area contributed by atoms with Crippen LogP contribution in [0.25, 0.3) is 66.5 Å². The second kappa shape index (κ2) is 39.5. The van der Waals surface area contributed by atoms with E-state index >= 15 is 0 Å². The number of likely N-dealkylation sites (tertiary alicyclic amines) is 3. The van der Waals surface area contributed by atoms with Gasteiger partial charge in [-0.15, -0.1) is 0 Å². The van der Waals surface area contributed by atoms with Gasteiger partial charge in [0.15, 0.2) is 0 Å². The van der Waals surface area contributed by atoms with E-state index in [1.54, 1.807) is 41.1 Å². The summed E-state index contributed by atoms with van der Waals surface area (Å²) in [5.74, 6) is 1.86. The Labute approximate surface area is 747 Å². The number of ether oxygens (including phenoxy) is 5. The van der Waals surface area contributed by atoms with E-state index in [1.807, 2.05) is 21.7 Å². The summed E-state index contributed by atoms with van der Waals surface area (Å²) in [6.45, 7) is 27.4. The fourth-order valence-electron chi connectivity index (χ4n) is 17.0. The highest BCUT2D eigenvalue weighted by atomic mass is 35.5. The fraction of sp³-hybridized carbons (Fsp3) is 0.448. The lowest BCUT2D eigenvalue weighted by atomic mass is 9.96. The van der Waals surface area contributed by atoms with Crippen molar-refractivity contribution in [2.75, 3.05) is 191 Å². The number of hydrogen-bond acceptors (Lipinski definition) is 26. The summed E-state index contributed by atoms with van der Waals surface area (Å²) < 4.78 is 155. The number of pyridine rings is 3. The summed E-state index contributed by atoms with van der Waals surface area (Å²) in [5, 5.41) is 1.70. The third kappa shape index (κ3) is 21.6. The number of nitrogen functional groups attached to an aromatic ring is 3. The molecule has 15 rings (SSSR count). The highest BCUT2D eigenvalue weighted by Gasteiger charge is 2.43. The molecule has 12 heterocycles. The van der Waals surface area contributed by atoms with Crippen LogP contribution in [0.5, 0.6) is 18.0 Å². The molecule has 0 bridgehead atoms. The first-order valence-corrected chi connectivity index (χ1v) is 42.5. The topological polar surface area (TPSA) is 321 Å². The lowest BCUT2D eigenvalue weighted by Crippen LogP contribution is -2.48. The molecule has 6 aliphatic rings. The average molecular weight is 1840 g/mol. The van der Waals surface area contributed by atoms with E-state index in [4.69, 9.17) is 90.6 Å². The van der Waals surface area contributed by atoms with Gasteiger partial charge in [-0.1, -0.05) is 68.4 Å². The first kappa shape index (κ1) is 94.6. The average Bonchev–Trinajstić information content (AvgIpc) is 0.958. The van der Waals surface area contributed by atoms with E-state index in [-0.39, 0.29) is 127 Å². The van der Waals surface area contributed by atoms with E-state index < -0.39 is 40.9 Å². The molecule has 0 spiro atoms. The summed E-state index contributed by atoms with van der Waals surface area (Å²) in [6.07, 6.45) is -7.53. The Hall–Kier alpha value is -11.0. The van der Waals surface area contributed by atoms with Crippen molar-refractivity contribution in [3.05, 3.63) is 143 Å². The van der Waals surface area contributed by atoms with Crippen LogP contribution in [0.1, 0.15) is 56.7 Å². The van der Waals surface area contributed by atoms with Gasteiger partial charge < -0.3 is 70.3 Å². The van der Waals surface area contributed by atoms with Crippen LogP contribution in [-0.4, -0.2) is 275 Å². The zero-order valence-corrected chi connectivity index (χ0v) is 73.8. The number of alkyl halides is 9. The molecule has 6 N–H and O–H groups in total. The van der Waals surface area contributed by atoms with E-state index in [2.05, 4.69) is 92.2 Å². The van der Waals surface area contributed by atoms with Gasteiger partial charge in [0.1, 0.15) is 54.7 Å². The van der Waals surface area contributed by atoms with Crippen molar-refractivity contribution in [1.82, 2.24) is 74.3 Å². The molecule has 128 heavy (non-hydrogen) atoms. The minimum Gasteiger partial charge on any atom is -0.462 e. The molecule has 6 fully saturated rings. The second-order valence-electron chi connectivity index (χ2n) is 32.7. The number of benzene rings is 3. The number of hydrogen-bond donors (Lipinski definition) is 3. The molecule has 3 amide bonds. The quantitative estimate of drug-likeness (QED) is 0.0419. The predicted octanol–water partition coefficient (Wildman–Crippen LogP) is 13.3. The van der Waals surface area contributed by atoms with Crippen LogP contribution in [-0.2, 0) is 42.4 Å². The van der Waals surface area contributed by atoms with Crippen molar-refractivity contribution in [3.8, 4) is 51.8 Å². The maximum atomic E-state index is 14.0. The molecule has 1 unspecified atom stereocenters. The summed E-state index contributed by atoms with van der Waals surface area (Å²) in [5.41, 5.74) is 14.1. The molecule has 9 aromatic rings. The molecule has 3 aromatic carbocycles. The Balaban J connectivity index is 0.000000164. The van der Waals surface area contributed by atoms with Crippen LogP contribution in [0.3, 0.4) is 0 Å². The summed E-state index contributed by atoms with van der Waals surface area (Å²) in [4.78, 5) is 94.1. The number of methoxy groups -OCH3 is 2. The number of anilines is 6. The predicted molar refractivity (Wildman–Crippen MR) is 473 cm³/mol. The Morgan fingerprint density at radius 2 is 0.844 bits per heavy atom. The molecule has 41 heteroatoms. The normalized spacial score (nSPS) is 20.3. The Morgan fingerprint density at radius 1 is 0.484 bits per heavy atom. The van der Waals surface area contributed by atoms with Crippen molar-refractivity contribution < 1.29 is 77.6 Å². The zero-order valence-electron chi connectivity index (χ0n) is 71.5. The van der Waals surface area contributed by atoms with Gasteiger partial charge in [-0.3, -0.25) is 29.1 Å². The third-order valence-corrected chi connectivity index (χ3v) is 24.7. The Morgan fingerprint density at radius 3 is 1.16 bits per heavy atom. The molecule has 6 aliphatic heterocycles. The number of nitrogens with zero attached hydrogens (tertiary/aromatic N) is 18. The van der Waals surface area contributed by atoms with Crippen LogP contribution in [0, 0.1) is 11.8 Å². The van der Waals surface area contributed by atoms with E-state index in [1.165, 1.54) is 42.5 Å². The fourth-order valence-corrected chi connectivity index (χ4v) is 17.8. The number of carbonyl (C=O) groups excluding carboxylic acids is 3. The number of aromatic nitrogens is 9. The number of likely N-dealkylation sites (N-methyl/N-ethyl adjacent to an activating group) is 2. The molecule has 684 valence electrons. The molecule has 6 atom stereocenters. The van der Waals surface area contributed by atoms with E-state index in [0.717, 1.165) is 75.3 Å². The maximum Gasteiger partial charge on any atom is 0.418 e. The first-order valence-electron chi connectivity index (χ1n) is 41.4. The molecular weight excluding hydrogens is 1740 g/mol. The van der Waals surface area contributed by atoms with E-state index in [9.17, 15) is 53.9 Å². The maximum absolute atomic E-state index is 14.0. The van der Waals surface area contributed by atoms with Crippen LogP contribution in [0.2, 0.25) is 15.1 Å². The smallest absolute Gasteiger partial charge is 0.418 e. The van der Waals surface area contributed by atoms with Crippen molar-refractivity contribution in [2.45, 2.75) is 82.3 Å². The van der Waals surface area contributed by atoms with Gasteiger partial charge in [0.2, 0.25) is 17.7 Å². The SMILES string of the molecule is C=CC(=O)N1CCN(c2nc(OCC3(C)C[C@@H](C)CN3C)nc3cc(-c4nc(N)ccc4C(F)(F)F)c(Cl)cc23)CC1.C=CC(=O)N1CCN(c2nc(OC[C@@H]3C[C@@H](C)CN3C)nc3cc(-c4nc(N)ccc4C(F)(F)F)c(Cl)cc23)CC1.C=CC(=O)N1CCN(c2nc(OC[C@@H]3C[C@@H](OC)CN3CCOC)nc3cc(-c4nc(N)ccc4C(F)(F)F)c(Cl)cc23)CC1. The number of rotatable bonds is 22. The third-order valence-electron chi connectivity index (χ3n) is 23.8. The Bertz CT molecular complexity index is 5630. The van der Waals surface area contributed by atoms with Gasteiger partial charge in [-0.05, 0) is 143 Å². The van der Waals surface area contributed by atoms with Crippen LogP contribution >= 0.6 is 34.8 Å². The number of carbonyl (C=O) groups is 3. The summed E-state index contributed by atoms with van der Waals surface area (Å²) in [6, 6.07) is 15.4. The molecule has 6 saturated heterocycles. The van der Waals surface area contributed by atoms with Crippen LogP contribution in [0.15, 0.2) is 111 Å². The molecule has 0 aliphatic carbocycles. The number of fused-ring (bicyclic) bond motifs is 3. The lowest BCUT2D eigenvalue weighted by Gasteiger charge is -2.35. The first-order chi connectivity index (χ1) is 60.7. The number of amides is 3. The van der Waals surface area contributed by atoms with Gasteiger partial charge in [0.05, 0.1) is 83.6 Å². The largest absolute Gasteiger partial charge is 0.462 e. The minimum absolute atomic E-state index is 0.00734. The number of piperazine rings is 3. The van der Waals surface area contributed by atoms with Crippen molar-refractivity contribution in [3.63, 3.8) is 0 Å².